The summed E-state index contributed by atoms with van der Waals surface area (Å²) in [7, 11) is 0. The van der Waals surface area contributed by atoms with Crippen molar-refractivity contribution in [2.45, 2.75) is 26.3 Å². The number of ether oxygens (including phenoxy) is 1. The van der Waals surface area contributed by atoms with Gasteiger partial charge < -0.3 is 19.9 Å². The molecule has 1 saturated heterocycles. The summed E-state index contributed by atoms with van der Waals surface area (Å²) < 4.78 is 11.7. The molecule has 1 aliphatic heterocycles. The van der Waals surface area contributed by atoms with Gasteiger partial charge in [-0.2, -0.15) is 5.10 Å². The lowest BCUT2D eigenvalue weighted by Gasteiger charge is -2.31. The first kappa shape index (κ1) is 24.5. The highest BCUT2D eigenvalue weighted by Crippen LogP contribution is 2.26. The lowest BCUT2D eigenvalue weighted by Crippen LogP contribution is -2.39. The molecule has 5 rings (SSSR count). The molecule has 1 fully saturated rings. The Morgan fingerprint density at radius 2 is 2.11 bits per heavy atom. The number of hydrogen-bond donors (Lipinski definition) is 5. The van der Waals surface area contributed by atoms with E-state index in [4.69, 9.17) is 25.4 Å². The quantitative estimate of drug-likeness (QED) is 0.169. The number of rotatable bonds is 8. The molecule has 0 bridgehead atoms. The standard InChI is InChI=1S/C28H31N7O2/c1-2-32-15-21(14-29)26-23-13-19(9-10-24(23)33-34-26)27(30)37-28(31)20-7-5-11-35(16-20)17-22-12-18-6-3-4-8-25(18)36-22/h3-4,6,8-10,12-15,20,29-32H,2,5,7,11,16-17H2,1H3,(H,33,34)/b21-15+,29-14?,30-27?,31-28?. The van der Waals surface area contributed by atoms with Crippen LogP contribution in [-0.2, 0) is 11.3 Å². The van der Waals surface area contributed by atoms with Crippen molar-refractivity contribution in [2.75, 3.05) is 19.6 Å². The fraction of sp³-hybridized carbons (Fsp3) is 0.286. The number of allylic oxidation sites excluding steroid dienone is 1. The second-order valence-electron chi connectivity index (χ2n) is 9.25. The van der Waals surface area contributed by atoms with E-state index in [1.807, 2.05) is 43.3 Å². The second-order valence-corrected chi connectivity index (χ2v) is 9.25. The Labute approximate surface area is 215 Å². The molecule has 9 heteroatoms. The second kappa shape index (κ2) is 10.8. The van der Waals surface area contributed by atoms with E-state index in [9.17, 15) is 0 Å². The van der Waals surface area contributed by atoms with Crippen molar-refractivity contribution in [1.29, 1.82) is 16.2 Å². The summed E-state index contributed by atoms with van der Waals surface area (Å²) >= 11 is 0. The van der Waals surface area contributed by atoms with Crippen LogP contribution in [-0.4, -0.2) is 52.7 Å². The SMILES string of the molecule is CCN/C=C(\C=N)c1n[nH]c2ccc(C(=N)OC(=N)C3CCCN(Cc4cc5ccccc5o4)C3)cc12. The first-order valence-electron chi connectivity index (χ1n) is 12.5. The molecular weight excluding hydrogens is 466 g/mol. The zero-order valence-corrected chi connectivity index (χ0v) is 20.8. The number of piperidine rings is 1. The van der Waals surface area contributed by atoms with Crippen molar-refractivity contribution in [3.8, 4) is 0 Å². The molecule has 1 unspecified atom stereocenters. The van der Waals surface area contributed by atoms with Crippen LogP contribution in [0.2, 0.25) is 0 Å². The molecular formula is C28H31N7O2. The molecule has 4 aromatic rings. The number of H-pyrrole nitrogens is 1. The maximum atomic E-state index is 8.59. The fourth-order valence-corrected chi connectivity index (χ4v) is 4.77. The van der Waals surface area contributed by atoms with Crippen LogP contribution in [0, 0.1) is 22.1 Å². The first-order chi connectivity index (χ1) is 18.1. The van der Waals surface area contributed by atoms with E-state index in [-0.39, 0.29) is 17.7 Å². The smallest absolute Gasteiger partial charge is 0.220 e. The first-order valence-corrected chi connectivity index (χ1v) is 12.5. The van der Waals surface area contributed by atoms with E-state index < -0.39 is 0 Å². The van der Waals surface area contributed by atoms with Crippen LogP contribution in [0.5, 0.6) is 0 Å². The summed E-state index contributed by atoms with van der Waals surface area (Å²) in [4.78, 5) is 2.28. The summed E-state index contributed by atoms with van der Waals surface area (Å²) in [6.45, 7) is 5.03. The molecule has 1 aliphatic rings. The maximum Gasteiger partial charge on any atom is 0.220 e. The van der Waals surface area contributed by atoms with Crippen molar-refractivity contribution in [3.05, 3.63) is 71.7 Å². The minimum absolute atomic E-state index is 0.0690. The highest BCUT2D eigenvalue weighted by Gasteiger charge is 2.26. The number of nitrogens with one attached hydrogen (secondary N) is 5. The van der Waals surface area contributed by atoms with Crippen LogP contribution in [0.3, 0.4) is 0 Å². The summed E-state index contributed by atoms with van der Waals surface area (Å²) in [6, 6.07) is 15.5. The van der Waals surface area contributed by atoms with Crippen LogP contribution >= 0.6 is 0 Å². The molecule has 0 amide bonds. The van der Waals surface area contributed by atoms with E-state index in [1.54, 1.807) is 12.3 Å². The normalized spacial score (nSPS) is 16.7. The summed E-state index contributed by atoms with van der Waals surface area (Å²) in [5.41, 5.74) is 3.52. The van der Waals surface area contributed by atoms with E-state index in [0.29, 0.717) is 29.9 Å². The molecule has 3 heterocycles. The zero-order chi connectivity index (χ0) is 25.8. The van der Waals surface area contributed by atoms with Crippen molar-refractivity contribution >= 4 is 45.5 Å². The largest absolute Gasteiger partial charge is 0.460 e. The number of para-hydroxylation sites is 1. The van der Waals surface area contributed by atoms with E-state index in [1.165, 1.54) is 6.21 Å². The summed E-state index contributed by atoms with van der Waals surface area (Å²) in [6.07, 6.45) is 4.82. The van der Waals surface area contributed by atoms with Gasteiger partial charge in [-0.15, -0.1) is 0 Å². The minimum atomic E-state index is -0.0840. The van der Waals surface area contributed by atoms with Crippen molar-refractivity contribution in [1.82, 2.24) is 20.4 Å². The Morgan fingerprint density at radius 1 is 1.24 bits per heavy atom. The monoisotopic (exact) mass is 497 g/mol. The third kappa shape index (κ3) is 5.31. The van der Waals surface area contributed by atoms with Gasteiger partial charge in [0.25, 0.3) is 0 Å². The predicted octanol–water partition coefficient (Wildman–Crippen LogP) is 5.14. The molecule has 5 N–H and O–H groups in total. The molecule has 1 atom stereocenters. The van der Waals surface area contributed by atoms with Gasteiger partial charge in [-0.25, -0.2) is 0 Å². The maximum absolute atomic E-state index is 8.59. The van der Waals surface area contributed by atoms with Gasteiger partial charge in [0, 0.05) is 53.3 Å². The molecule has 2 aromatic carbocycles. The number of benzene rings is 2. The highest BCUT2D eigenvalue weighted by molar-refractivity contribution is 6.13. The number of fused-ring (bicyclic) bond motifs is 2. The van der Waals surface area contributed by atoms with Gasteiger partial charge in [0.15, 0.2) is 5.90 Å². The van der Waals surface area contributed by atoms with Gasteiger partial charge in [0.05, 0.1) is 12.1 Å². The van der Waals surface area contributed by atoms with Crippen LogP contribution in [0.15, 0.2) is 59.1 Å². The molecule has 9 nitrogen and oxygen atoms in total. The van der Waals surface area contributed by atoms with Gasteiger partial charge in [0.1, 0.15) is 17.0 Å². The molecule has 0 saturated carbocycles. The minimum Gasteiger partial charge on any atom is -0.460 e. The van der Waals surface area contributed by atoms with Crippen LogP contribution < -0.4 is 5.32 Å². The number of furan rings is 1. The van der Waals surface area contributed by atoms with Crippen molar-refractivity contribution < 1.29 is 9.15 Å². The van der Waals surface area contributed by atoms with Crippen LogP contribution in [0.4, 0.5) is 0 Å². The summed E-state index contributed by atoms with van der Waals surface area (Å²) in [5, 5.41) is 37.2. The third-order valence-corrected chi connectivity index (χ3v) is 6.66. The lowest BCUT2D eigenvalue weighted by atomic mass is 9.97. The number of aromatic amines is 1. The Hall–Kier alpha value is -4.24. The topological polar surface area (TPSA) is 138 Å². The third-order valence-electron chi connectivity index (χ3n) is 6.66. The molecule has 0 radical (unpaired) electrons. The average molecular weight is 498 g/mol. The Kier molecular flexibility index (Phi) is 7.14. The summed E-state index contributed by atoms with van der Waals surface area (Å²) in [5.74, 6) is 0.873. The predicted molar refractivity (Wildman–Crippen MR) is 146 cm³/mol. The van der Waals surface area contributed by atoms with Gasteiger partial charge in [0.2, 0.25) is 5.90 Å². The Bertz CT molecular complexity index is 1450. The van der Waals surface area contributed by atoms with Crippen LogP contribution in [0.1, 0.15) is 36.8 Å². The average Bonchev–Trinajstić information content (AvgIpc) is 3.52. The molecule has 190 valence electrons. The van der Waals surface area contributed by atoms with Gasteiger partial charge >= 0.3 is 0 Å². The molecule has 0 spiro atoms. The van der Waals surface area contributed by atoms with Gasteiger partial charge in [-0.3, -0.25) is 20.8 Å². The van der Waals surface area contributed by atoms with E-state index >= 15 is 0 Å². The zero-order valence-electron chi connectivity index (χ0n) is 20.8. The number of hydrogen-bond acceptors (Lipinski definition) is 8. The van der Waals surface area contributed by atoms with Gasteiger partial charge in [-0.05, 0) is 56.6 Å². The number of likely N-dealkylation sites (tertiary alicyclic amines) is 1. The molecule has 0 aliphatic carbocycles. The number of aromatic nitrogens is 2. The Morgan fingerprint density at radius 3 is 2.92 bits per heavy atom. The van der Waals surface area contributed by atoms with Crippen molar-refractivity contribution in [2.24, 2.45) is 5.92 Å². The fourth-order valence-electron chi connectivity index (χ4n) is 4.77. The Balaban J connectivity index is 1.25. The van der Waals surface area contributed by atoms with Gasteiger partial charge in [-0.1, -0.05) is 18.2 Å². The highest BCUT2D eigenvalue weighted by atomic mass is 16.5. The number of nitrogens with zero attached hydrogens (tertiary/aromatic N) is 2. The lowest BCUT2D eigenvalue weighted by molar-refractivity contribution is 0.176. The van der Waals surface area contributed by atoms with Crippen LogP contribution in [0.25, 0.3) is 27.4 Å². The van der Waals surface area contributed by atoms with E-state index in [0.717, 1.165) is 53.6 Å². The molecule has 2 aromatic heterocycles. The van der Waals surface area contributed by atoms with E-state index in [2.05, 4.69) is 26.5 Å². The van der Waals surface area contributed by atoms with Crippen molar-refractivity contribution in [3.63, 3.8) is 0 Å². The molecule has 37 heavy (non-hydrogen) atoms.